The summed E-state index contributed by atoms with van der Waals surface area (Å²) in [6.07, 6.45) is 0. The van der Waals surface area contributed by atoms with E-state index < -0.39 is 0 Å². The first-order chi connectivity index (χ1) is 12.5. The van der Waals surface area contributed by atoms with Gasteiger partial charge in [0, 0.05) is 16.0 Å². The van der Waals surface area contributed by atoms with Gasteiger partial charge in [-0.1, -0.05) is 18.1 Å². The Labute approximate surface area is 156 Å². The summed E-state index contributed by atoms with van der Waals surface area (Å²) in [7, 11) is 0. The van der Waals surface area contributed by atoms with Gasteiger partial charge in [-0.05, 0) is 50.6 Å². The topological polar surface area (TPSA) is 62.8 Å². The van der Waals surface area contributed by atoms with Crippen LogP contribution >= 0.6 is 11.8 Å². The first-order valence-electron chi connectivity index (χ1n) is 8.18. The third-order valence-electron chi connectivity index (χ3n) is 4.08. The number of carbonyl (C=O) groups excluding carboxylic acids is 1. The van der Waals surface area contributed by atoms with Crippen molar-refractivity contribution in [1.29, 1.82) is 0 Å². The van der Waals surface area contributed by atoms with Crippen molar-refractivity contribution in [3.05, 3.63) is 69.3 Å². The van der Waals surface area contributed by atoms with Crippen LogP contribution in [0.4, 0.5) is 0 Å². The second-order valence-electron chi connectivity index (χ2n) is 5.89. The van der Waals surface area contributed by atoms with E-state index in [9.17, 15) is 9.59 Å². The maximum Gasteiger partial charge on any atom is 0.258 e. The number of ketones is 1. The standard InChI is InChI=1S/C21H18N2O2S/c1-4-5-15-8-11-18-20(13(15)2)22-19(23-21(18)25)12-26-17-9-6-16(7-10-17)14(3)24/h6-11H,12H2,1-3H3,(H,22,23,25). The third-order valence-corrected chi connectivity index (χ3v) is 5.10. The smallest absolute Gasteiger partial charge is 0.258 e. The molecule has 0 aliphatic rings. The Balaban J connectivity index is 1.90. The molecular weight excluding hydrogens is 344 g/mol. The lowest BCUT2D eigenvalue weighted by Gasteiger charge is -2.07. The number of carbonyl (C=O) groups is 1. The van der Waals surface area contributed by atoms with E-state index in [1.54, 1.807) is 43.8 Å². The van der Waals surface area contributed by atoms with Crippen molar-refractivity contribution in [1.82, 2.24) is 9.97 Å². The molecule has 2 aromatic carbocycles. The van der Waals surface area contributed by atoms with E-state index >= 15 is 0 Å². The zero-order valence-electron chi connectivity index (χ0n) is 14.8. The van der Waals surface area contributed by atoms with E-state index in [0.717, 1.165) is 16.0 Å². The van der Waals surface area contributed by atoms with Crippen molar-refractivity contribution in [2.75, 3.05) is 0 Å². The fourth-order valence-electron chi connectivity index (χ4n) is 2.66. The van der Waals surface area contributed by atoms with Gasteiger partial charge in [-0.15, -0.1) is 17.7 Å². The predicted molar refractivity (Wildman–Crippen MR) is 106 cm³/mol. The molecule has 0 aliphatic heterocycles. The van der Waals surface area contributed by atoms with Gasteiger partial charge >= 0.3 is 0 Å². The maximum atomic E-state index is 12.4. The first kappa shape index (κ1) is 18.0. The number of aromatic amines is 1. The summed E-state index contributed by atoms with van der Waals surface area (Å²) in [5.74, 6) is 7.13. The van der Waals surface area contributed by atoms with E-state index in [0.29, 0.717) is 28.0 Å². The molecule has 0 unspecified atom stereocenters. The van der Waals surface area contributed by atoms with Crippen LogP contribution in [0.5, 0.6) is 0 Å². The van der Waals surface area contributed by atoms with E-state index in [2.05, 4.69) is 21.8 Å². The molecule has 0 aliphatic carbocycles. The Morgan fingerprint density at radius 2 is 1.92 bits per heavy atom. The Morgan fingerprint density at radius 3 is 2.58 bits per heavy atom. The zero-order chi connectivity index (χ0) is 18.7. The van der Waals surface area contributed by atoms with Gasteiger partial charge in [-0.2, -0.15) is 0 Å². The van der Waals surface area contributed by atoms with Crippen LogP contribution in [0.15, 0.2) is 46.1 Å². The molecule has 3 aromatic rings. The maximum absolute atomic E-state index is 12.4. The molecular formula is C21H18N2O2S. The first-order valence-corrected chi connectivity index (χ1v) is 9.17. The summed E-state index contributed by atoms with van der Waals surface area (Å²) < 4.78 is 0. The molecule has 0 saturated carbocycles. The van der Waals surface area contributed by atoms with Crippen molar-refractivity contribution < 1.29 is 4.79 Å². The molecule has 130 valence electrons. The lowest BCUT2D eigenvalue weighted by Crippen LogP contribution is -2.12. The quantitative estimate of drug-likeness (QED) is 0.431. The largest absolute Gasteiger partial charge is 0.309 e. The lowest BCUT2D eigenvalue weighted by atomic mass is 10.1. The lowest BCUT2D eigenvalue weighted by molar-refractivity contribution is 0.101. The highest BCUT2D eigenvalue weighted by Crippen LogP contribution is 2.23. The van der Waals surface area contributed by atoms with Crippen molar-refractivity contribution in [2.45, 2.75) is 31.4 Å². The van der Waals surface area contributed by atoms with Gasteiger partial charge in [0.15, 0.2) is 5.78 Å². The average molecular weight is 362 g/mol. The number of aryl methyl sites for hydroxylation is 1. The molecule has 0 spiro atoms. The van der Waals surface area contributed by atoms with E-state index in [-0.39, 0.29) is 11.3 Å². The van der Waals surface area contributed by atoms with Gasteiger partial charge in [0.25, 0.3) is 5.56 Å². The van der Waals surface area contributed by atoms with Gasteiger partial charge < -0.3 is 4.98 Å². The summed E-state index contributed by atoms with van der Waals surface area (Å²) in [6.45, 7) is 5.27. The summed E-state index contributed by atoms with van der Waals surface area (Å²) in [4.78, 5) is 32.2. The highest BCUT2D eigenvalue weighted by Gasteiger charge is 2.09. The zero-order valence-corrected chi connectivity index (χ0v) is 15.7. The Hall–Kier alpha value is -2.84. The summed E-state index contributed by atoms with van der Waals surface area (Å²) in [5.41, 5.74) is 3.04. The molecule has 26 heavy (non-hydrogen) atoms. The number of Topliss-reactive ketones (excluding diaryl/α,β-unsaturated/α-hetero) is 1. The van der Waals surface area contributed by atoms with Crippen LogP contribution in [-0.2, 0) is 5.75 Å². The highest BCUT2D eigenvalue weighted by atomic mass is 32.2. The predicted octanol–water partition coefficient (Wildman–Crippen LogP) is 4.10. The SMILES string of the molecule is CC#Cc1ccc2c(=O)[nH]c(CSc3ccc(C(C)=O)cc3)nc2c1C. The van der Waals surface area contributed by atoms with Crippen LogP contribution in [0, 0.1) is 18.8 Å². The monoisotopic (exact) mass is 362 g/mol. The van der Waals surface area contributed by atoms with Gasteiger partial charge in [-0.3, -0.25) is 9.59 Å². The molecule has 0 saturated heterocycles. The number of benzene rings is 2. The second-order valence-corrected chi connectivity index (χ2v) is 6.94. The molecule has 4 nitrogen and oxygen atoms in total. The summed E-state index contributed by atoms with van der Waals surface area (Å²) >= 11 is 1.56. The number of fused-ring (bicyclic) bond motifs is 1. The number of rotatable bonds is 4. The summed E-state index contributed by atoms with van der Waals surface area (Å²) in [5, 5.41) is 0.573. The normalized spacial score (nSPS) is 10.4. The molecule has 5 heteroatoms. The van der Waals surface area contributed by atoms with E-state index in [1.165, 1.54) is 0 Å². The number of H-pyrrole nitrogens is 1. The number of aromatic nitrogens is 2. The minimum atomic E-state index is -0.142. The van der Waals surface area contributed by atoms with Gasteiger partial charge in [0.05, 0.1) is 16.7 Å². The third kappa shape index (κ3) is 3.71. The van der Waals surface area contributed by atoms with Crippen LogP contribution in [0.1, 0.15) is 41.2 Å². The highest BCUT2D eigenvalue weighted by molar-refractivity contribution is 7.98. The molecule has 0 atom stereocenters. The van der Waals surface area contributed by atoms with E-state index in [4.69, 9.17) is 0 Å². The van der Waals surface area contributed by atoms with E-state index in [1.807, 2.05) is 25.1 Å². The second kappa shape index (κ2) is 7.59. The number of hydrogen-bond acceptors (Lipinski definition) is 4. The molecule has 1 N–H and O–H groups in total. The Kier molecular flexibility index (Phi) is 5.24. The molecule has 3 rings (SSSR count). The van der Waals surface area contributed by atoms with Crippen LogP contribution in [-0.4, -0.2) is 15.8 Å². The number of nitrogens with zero attached hydrogens (tertiary/aromatic N) is 1. The average Bonchev–Trinajstić information content (AvgIpc) is 2.63. The molecule has 0 amide bonds. The fourth-order valence-corrected chi connectivity index (χ4v) is 3.43. The number of hydrogen-bond donors (Lipinski definition) is 1. The van der Waals surface area contributed by atoms with Crippen LogP contribution in [0.2, 0.25) is 0 Å². The Morgan fingerprint density at radius 1 is 1.19 bits per heavy atom. The minimum Gasteiger partial charge on any atom is -0.309 e. The van der Waals surface area contributed by atoms with Crippen LogP contribution < -0.4 is 5.56 Å². The van der Waals surface area contributed by atoms with Crippen molar-refractivity contribution in [3.8, 4) is 11.8 Å². The fraction of sp³-hybridized carbons (Fsp3) is 0.190. The molecule has 0 radical (unpaired) electrons. The molecule has 0 fully saturated rings. The minimum absolute atomic E-state index is 0.0449. The molecule has 0 bridgehead atoms. The van der Waals surface area contributed by atoms with Crippen molar-refractivity contribution in [3.63, 3.8) is 0 Å². The summed E-state index contributed by atoms with van der Waals surface area (Å²) in [6, 6.07) is 11.0. The van der Waals surface area contributed by atoms with Crippen molar-refractivity contribution in [2.24, 2.45) is 0 Å². The van der Waals surface area contributed by atoms with Crippen LogP contribution in [0.3, 0.4) is 0 Å². The Bertz CT molecular complexity index is 1100. The van der Waals surface area contributed by atoms with Gasteiger partial charge in [0.2, 0.25) is 0 Å². The van der Waals surface area contributed by atoms with Crippen molar-refractivity contribution >= 4 is 28.4 Å². The van der Waals surface area contributed by atoms with Gasteiger partial charge in [0.1, 0.15) is 5.82 Å². The molecule has 1 aromatic heterocycles. The van der Waals surface area contributed by atoms with Crippen LogP contribution in [0.25, 0.3) is 10.9 Å². The molecule has 1 heterocycles. The van der Waals surface area contributed by atoms with Gasteiger partial charge in [-0.25, -0.2) is 4.98 Å². The number of thioether (sulfide) groups is 1. The number of nitrogens with one attached hydrogen (secondary N) is 1.